The van der Waals surface area contributed by atoms with Crippen LogP contribution in [-0.2, 0) is 4.74 Å². The molecule has 0 aromatic heterocycles. The maximum atomic E-state index is 9.55. The van der Waals surface area contributed by atoms with Crippen LogP contribution in [0.2, 0.25) is 5.02 Å². The van der Waals surface area contributed by atoms with Crippen molar-refractivity contribution in [2.45, 2.75) is 6.42 Å². The Hall–Kier alpha value is -0.930. The van der Waals surface area contributed by atoms with Gasteiger partial charge in [-0.2, -0.15) is 0 Å². The molecule has 1 saturated heterocycles. The molecule has 88 valence electrons. The van der Waals surface area contributed by atoms with Crippen molar-refractivity contribution in [2.75, 3.05) is 31.7 Å². The zero-order chi connectivity index (χ0) is 11.5. The van der Waals surface area contributed by atoms with E-state index in [1.165, 1.54) is 0 Å². The molecule has 1 atom stereocenters. The molecular weight excluding hydrogens is 226 g/mol. The smallest absolute Gasteiger partial charge is 0.136 e. The number of anilines is 1. The summed E-state index contributed by atoms with van der Waals surface area (Å²) in [5, 5.41) is 9.99. The van der Waals surface area contributed by atoms with Gasteiger partial charge in [0.15, 0.2) is 0 Å². The van der Waals surface area contributed by atoms with Gasteiger partial charge in [0.1, 0.15) is 10.8 Å². The molecule has 0 radical (unpaired) electrons. The molecule has 3 nitrogen and oxygen atoms in total. The van der Waals surface area contributed by atoms with Gasteiger partial charge in [0.2, 0.25) is 0 Å². The third kappa shape index (κ3) is 2.25. The zero-order valence-electron chi connectivity index (χ0n) is 9.32. The number of phenolic OH excluding ortho intramolecular Hbond substituents is 1. The highest BCUT2D eigenvalue weighted by atomic mass is 35.5. The summed E-state index contributed by atoms with van der Waals surface area (Å²) in [6.45, 7) is 2.70. The molecule has 0 amide bonds. The van der Waals surface area contributed by atoms with Gasteiger partial charge < -0.3 is 14.7 Å². The highest BCUT2D eigenvalue weighted by molar-refractivity contribution is 6.34. The van der Waals surface area contributed by atoms with Crippen molar-refractivity contribution in [3.05, 3.63) is 23.2 Å². The van der Waals surface area contributed by atoms with Crippen LogP contribution >= 0.6 is 11.6 Å². The van der Waals surface area contributed by atoms with Gasteiger partial charge in [-0.25, -0.2) is 0 Å². The highest BCUT2D eigenvalue weighted by Crippen LogP contribution is 2.35. The fourth-order valence-electron chi connectivity index (χ4n) is 2.18. The van der Waals surface area contributed by atoms with Gasteiger partial charge in [0.25, 0.3) is 0 Å². The van der Waals surface area contributed by atoms with E-state index in [9.17, 15) is 5.11 Å². The first-order valence-electron chi connectivity index (χ1n) is 5.43. The molecular formula is C12H16ClNO2. The normalized spacial score (nSPS) is 20.4. The third-order valence-electron chi connectivity index (χ3n) is 2.99. The Kier molecular flexibility index (Phi) is 3.56. The Morgan fingerprint density at radius 1 is 1.56 bits per heavy atom. The Bertz CT molecular complexity index is 370. The fraction of sp³-hybridized carbons (Fsp3) is 0.500. The predicted molar refractivity (Wildman–Crippen MR) is 65.3 cm³/mol. The Labute approximate surface area is 101 Å². The second-order valence-electron chi connectivity index (χ2n) is 4.17. The molecule has 1 N–H and O–H groups in total. The first-order chi connectivity index (χ1) is 7.72. The van der Waals surface area contributed by atoms with E-state index >= 15 is 0 Å². The van der Waals surface area contributed by atoms with E-state index < -0.39 is 0 Å². The summed E-state index contributed by atoms with van der Waals surface area (Å²) in [4.78, 5) is 2.20. The summed E-state index contributed by atoms with van der Waals surface area (Å²) in [5.74, 6) is 0.706. The van der Waals surface area contributed by atoms with Crippen LogP contribution in [0.15, 0.2) is 18.2 Å². The molecule has 0 spiro atoms. The van der Waals surface area contributed by atoms with Crippen LogP contribution in [0.3, 0.4) is 0 Å². The summed E-state index contributed by atoms with van der Waals surface area (Å²) in [6.07, 6.45) is 1.11. The van der Waals surface area contributed by atoms with Crippen LogP contribution in [-0.4, -0.2) is 31.9 Å². The first kappa shape index (κ1) is 11.6. The van der Waals surface area contributed by atoms with Crippen molar-refractivity contribution < 1.29 is 9.84 Å². The van der Waals surface area contributed by atoms with Gasteiger partial charge in [0.05, 0.1) is 12.3 Å². The molecule has 16 heavy (non-hydrogen) atoms. The van der Waals surface area contributed by atoms with Crippen LogP contribution in [0.25, 0.3) is 0 Å². The average Bonchev–Trinajstić information content (AvgIpc) is 2.71. The summed E-state index contributed by atoms with van der Waals surface area (Å²) in [5.41, 5.74) is 0.917. The van der Waals surface area contributed by atoms with Crippen LogP contribution in [0, 0.1) is 5.92 Å². The number of hydrogen-bond donors (Lipinski definition) is 1. The third-order valence-corrected chi connectivity index (χ3v) is 3.37. The topological polar surface area (TPSA) is 32.7 Å². The monoisotopic (exact) mass is 241 g/mol. The molecule has 1 aliphatic rings. The van der Waals surface area contributed by atoms with Gasteiger partial charge in [-0.05, 0) is 18.6 Å². The van der Waals surface area contributed by atoms with E-state index in [1.807, 2.05) is 12.1 Å². The number of ether oxygens (including phenoxy) is 1. The standard InChI is InChI=1S/C12H16ClNO2/c1-16-8-9-5-6-14(7-9)10-3-2-4-11(15)12(10)13/h2-4,9,15H,5-8H2,1H3. The summed E-state index contributed by atoms with van der Waals surface area (Å²) in [7, 11) is 1.73. The SMILES string of the molecule is COCC1CCN(c2cccc(O)c2Cl)C1. The largest absolute Gasteiger partial charge is 0.506 e. The van der Waals surface area contributed by atoms with Crippen molar-refractivity contribution in [3.63, 3.8) is 0 Å². The molecule has 1 aliphatic heterocycles. The number of nitrogens with zero attached hydrogens (tertiary/aromatic N) is 1. The molecule has 0 saturated carbocycles. The van der Waals surface area contributed by atoms with Crippen molar-refractivity contribution in [1.29, 1.82) is 0 Å². The Morgan fingerprint density at radius 2 is 2.38 bits per heavy atom. The maximum Gasteiger partial charge on any atom is 0.136 e. The lowest BCUT2D eigenvalue weighted by Crippen LogP contribution is -2.21. The molecule has 1 aromatic rings. The van der Waals surface area contributed by atoms with Crippen LogP contribution < -0.4 is 4.90 Å². The van der Waals surface area contributed by atoms with Crippen LogP contribution in [0.1, 0.15) is 6.42 Å². The van der Waals surface area contributed by atoms with Crippen molar-refractivity contribution in [2.24, 2.45) is 5.92 Å². The molecule has 0 aliphatic carbocycles. The molecule has 1 fully saturated rings. The minimum atomic E-state index is 0.148. The van der Waals surface area contributed by atoms with Gasteiger partial charge in [-0.1, -0.05) is 17.7 Å². The van der Waals surface area contributed by atoms with Gasteiger partial charge in [0, 0.05) is 26.1 Å². The maximum absolute atomic E-state index is 9.55. The summed E-state index contributed by atoms with van der Waals surface area (Å²) < 4.78 is 5.15. The number of rotatable bonds is 3. The van der Waals surface area contributed by atoms with Crippen molar-refractivity contribution in [3.8, 4) is 5.75 Å². The van der Waals surface area contributed by atoms with E-state index in [2.05, 4.69) is 4.90 Å². The molecule has 1 aromatic carbocycles. The van der Waals surface area contributed by atoms with Crippen LogP contribution in [0.4, 0.5) is 5.69 Å². The number of methoxy groups -OCH3 is 1. The fourth-order valence-corrected chi connectivity index (χ4v) is 2.42. The highest BCUT2D eigenvalue weighted by Gasteiger charge is 2.24. The first-order valence-corrected chi connectivity index (χ1v) is 5.81. The lowest BCUT2D eigenvalue weighted by atomic mass is 10.1. The molecule has 1 unspecified atom stereocenters. The zero-order valence-corrected chi connectivity index (χ0v) is 10.1. The lowest BCUT2D eigenvalue weighted by Gasteiger charge is -2.20. The van der Waals surface area contributed by atoms with Gasteiger partial charge in [-0.15, -0.1) is 0 Å². The Morgan fingerprint density at radius 3 is 3.12 bits per heavy atom. The van der Waals surface area contributed by atoms with Gasteiger partial charge >= 0.3 is 0 Å². The van der Waals surface area contributed by atoms with Crippen molar-refractivity contribution in [1.82, 2.24) is 0 Å². The van der Waals surface area contributed by atoms with E-state index in [-0.39, 0.29) is 5.75 Å². The minimum absolute atomic E-state index is 0.148. The second-order valence-corrected chi connectivity index (χ2v) is 4.54. The van der Waals surface area contributed by atoms with E-state index in [1.54, 1.807) is 13.2 Å². The predicted octanol–water partition coefficient (Wildman–Crippen LogP) is 2.52. The number of hydrogen-bond acceptors (Lipinski definition) is 3. The number of aromatic hydroxyl groups is 1. The number of halogens is 1. The molecule has 2 rings (SSSR count). The van der Waals surface area contributed by atoms with E-state index in [4.69, 9.17) is 16.3 Å². The molecule has 1 heterocycles. The Balaban J connectivity index is 2.11. The lowest BCUT2D eigenvalue weighted by molar-refractivity contribution is 0.161. The molecule has 4 heteroatoms. The van der Waals surface area contributed by atoms with E-state index in [0.717, 1.165) is 31.8 Å². The number of phenols is 1. The average molecular weight is 242 g/mol. The minimum Gasteiger partial charge on any atom is -0.506 e. The second kappa shape index (κ2) is 4.93. The van der Waals surface area contributed by atoms with E-state index in [0.29, 0.717) is 10.9 Å². The molecule has 0 bridgehead atoms. The summed E-state index contributed by atoms with van der Waals surface area (Å²) >= 11 is 6.08. The quantitative estimate of drug-likeness (QED) is 0.883. The van der Waals surface area contributed by atoms with Gasteiger partial charge in [-0.3, -0.25) is 0 Å². The van der Waals surface area contributed by atoms with Crippen LogP contribution in [0.5, 0.6) is 5.75 Å². The van der Waals surface area contributed by atoms with Crippen molar-refractivity contribution >= 4 is 17.3 Å². The number of benzene rings is 1. The summed E-state index contributed by atoms with van der Waals surface area (Å²) in [6, 6.07) is 5.37.